The van der Waals surface area contributed by atoms with Crippen LogP contribution in [0.15, 0.2) is 42.0 Å². The van der Waals surface area contributed by atoms with Crippen molar-refractivity contribution in [3.63, 3.8) is 0 Å². The molecule has 2 aromatic heterocycles. The molecule has 0 fully saturated rings. The number of alkyl halides is 3. The van der Waals surface area contributed by atoms with E-state index in [2.05, 4.69) is 9.97 Å². The molecule has 3 rings (SSSR count). The first-order valence-electron chi connectivity index (χ1n) is 7.09. The smallest absolute Gasteiger partial charge is 0.351 e. The van der Waals surface area contributed by atoms with Crippen LogP contribution in [0.1, 0.15) is 18.1 Å². The number of hydrogen-bond donors (Lipinski definition) is 0. The van der Waals surface area contributed by atoms with E-state index in [-0.39, 0.29) is 12.1 Å². The molecular weight excluding hydrogens is 323 g/mol. The Hall–Kier alpha value is -2.15. The van der Waals surface area contributed by atoms with Crippen LogP contribution in [-0.2, 0) is 12.7 Å². The third kappa shape index (κ3) is 3.14. The lowest BCUT2D eigenvalue weighted by Gasteiger charge is -2.24. The van der Waals surface area contributed by atoms with Gasteiger partial charge < -0.3 is 4.90 Å². The van der Waals surface area contributed by atoms with Gasteiger partial charge in [-0.2, -0.15) is 13.2 Å². The Kier molecular flexibility index (Phi) is 4.21. The molecular formula is C16H14F3N3S. The minimum Gasteiger partial charge on any atom is -0.351 e. The van der Waals surface area contributed by atoms with Crippen molar-refractivity contribution in [3.05, 3.63) is 53.2 Å². The molecule has 0 saturated carbocycles. The maximum absolute atomic E-state index is 13.2. The predicted octanol–water partition coefficient (Wildman–Crippen LogP) is 4.74. The third-order valence-electron chi connectivity index (χ3n) is 3.59. The van der Waals surface area contributed by atoms with Gasteiger partial charge in [0.1, 0.15) is 12.1 Å². The summed E-state index contributed by atoms with van der Waals surface area (Å²) in [6.45, 7) is 2.60. The van der Waals surface area contributed by atoms with Crippen molar-refractivity contribution in [1.82, 2.24) is 9.97 Å². The van der Waals surface area contributed by atoms with Crippen LogP contribution in [0.5, 0.6) is 0 Å². The second-order valence-electron chi connectivity index (χ2n) is 5.00. The van der Waals surface area contributed by atoms with Crippen molar-refractivity contribution in [3.8, 4) is 0 Å². The SMILES string of the molecule is CCN(Cc1ccccc1C(F)(F)F)c1ncnc2ccsc12. The molecule has 120 valence electrons. The first-order valence-corrected chi connectivity index (χ1v) is 7.97. The molecule has 0 aliphatic heterocycles. The molecule has 3 aromatic rings. The highest BCUT2D eigenvalue weighted by Crippen LogP contribution is 2.34. The van der Waals surface area contributed by atoms with Crippen molar-refractivity contribution in [2.24, 2.45) is 0 Å². The molecule has 0 unspecified atom stereocenters. The number of thiophene rings is 1. The van der Waals surface area contributed by atoms with Gasteiger partial charge in [0.2, 0.25) is 0 Å². The maximum atomic E-state index is 13.2. The molecule has 0 saturated heterocycles. The van der Waals surface area contributed by atoms with Crippen LogP contribution >= 0.6 is 11.3 Å². The quantitative estimate of drug-likeness (QED) is 0.689. The van der Waals surface area contributed by atoms with E-state index < -0.39 is 11.7 Å². The topological polar surface area (TPSA) is 29.0 Å². The van der Waals surface area contributed by atoms with E-state index in [9.17, 15) is 13.2 Å². The fourth-order valence-corrected chi connectivity index (χ4v) is 3.34. The van der Waals surface area contributed by atoms with Crippen LogP contribution in [0.2, 0.25) is 0 Å². The highest BCUT2D eigenvalue weighted by Gasteiger charge is 2.33. The summed E-state index contributed by atoms with van der Waals surface area (Å²) in [5.41, 5.74) is 0.447. The van der Waals surface area contributed by atoms with Gasteiger partial charge in [0, 0.05) is 13.1 Å². The normalized spacial score (nSPS) is 11.8. The van der Waals surface area contributed by atoms with Crippen LogP contribution < -0.4 is 4.90 Å². The van der Waals surface area contributed by atoms with Gasteiger partial charge in [-0.1, -0.05) is 18.2 Å². The number of aromatic nitrogens is 2. The molecule has 3 nitrogen and oxygen atoms in total. The number of hydrogen-bond acceptors (Lipinski definition) is 4. The van der Waals surface area contributed by atoms with Gasteiger partial charge in [-0.3, -0.25) is 0 Å². The highest BCUT2D eigenvalue weighted by molar-refractivity contribution is 7.17. The van der Waals surface area contributed by atoms with E-state index in [1.54, 1.807) is 6.07 Å². The van der Waals surface area contributed by atoms with Gasteiger partial charge in [0.15, 0.2) is 0 Å². The van der Waals surface area contributed by atoms with Crippen molar-refractivity contribution in [2.75, 3.05) is 11.4 Å². The average molecular weight is 337 g/mol. The molecule has 1 aromatic carbocycles. The van der Waals surface area contributed by atoms with Gasteiger partial charge in [0.05, 0.1) is 15.8 Å². The summed E-state index contributed by atoms with van der Waals surface area (Å²) in [4.78, 5) is 10.3. The van der Waals surface area contributed by atoms with Crippen molar-refractivity contribution >= 4 is 27.4 Å². The third-order valence-corrected chi connectivity index (χ3v) is 4.49. The summed E-state index contributed by atoms with van der Waals surface area (Å²) >= 11 is 1.49. The van der Waals surface area contributed by atoms with Crippen molar-refractivity contribution in [1.29, 1.82) is 0 Å². The Bertz CT molecular complexity index is 813. The van der Waals surface area contributed by atoms with Crippen molar-refractivity contribution in [2.45, 2.75) is 19.6 Å². The summed E-state index contributed by atoms with van der Waals surface area (Å²) in [6.07, 6.45) is -2.91. The Morgan fingerprint density at radius 3 is 2.65 bits per heavy atom. The van der Waals surface area contributed by atoms with Crippen LogP contribution in [-0.4, -0.2) is 16.5 Å². The second-order valence-corrected chi connectivity index (χ2v) is 5.92. The average Bonchev–Trinajstić information content (AvgIpc) is 3.00. The summed E-state index contributed by atoms with van der Waals surface area (Å²) in [6, 6.07) is 7.54. The highest BCUT2D eigenvalue weighted by atomic mass is 32.1. The molecule has 0 radical (unpaired) electrons. The summed E-state index contributed by atoms with van der Waals surface area (Å²) in [5.74, 6) is 0.671. The first kappa shape index (κ1) is 15.7. The van der Waals surface area contributed by atoms with E-state index >= 15 is 0 Å². The fourth-order valence-electron chi connectivity index (χ4n) is 2.48. The molecule has 0 atom stereocenters. The Morgan fingerprint density at radius 2 is 1.91 bits per heavy atom. The van der Waals surface area contributed by atoms with E-state index in [4.69, 9.17) is 0 Å². The van der Waals surface area contributed by atoms with E-state index in [1.165, 1.54) is 29.8 Å². The van der Waals surface area contributed by atoms with Gasteiger partial charge in [-0.05, 0) is 30.0 Å². The molecule has 0 aliphatic rings. The molecule has 0 amide bonds. The summed E-state index contributed by atoms with van der Waals surface area (Å²) < 4.78 is 40.4. The predicted molar refractivity (Wildman–Crippen MR) is 85.6 cm³/mol. The summed E-state index contributed by atoms with van der Waals surface area (Å²) in [5, 5.41) is 1.90. The van der Waals surface area contributed by atoms with Crippen LogP contribution in [0.25, 0.3) is 10.2 Å². The molecule has 0 aliphatic carbocycles. The molecule has 0 N–H and O–H groups in total. The fraction of sp³-hybridized carbons (Fsp3) is 0.250. The zero-order valence-electron chi connectivity index (χ0n) is 12.3. The number of fused-ring (bicyclic) bond motifs is 1. The number of rotatable bonds is 4. The second kappa shape index (κ2) is 6.16. The van der Waals surface area contributed by atoms with E-state index in [0.29, 0.717) is 12.4 Å². The molecule has 23 heavy (non-hydrogen) atoms. The zero-order valence-corrected chi connectivity index (χ0v) is 13.2. The lowest BCUT2D eigenvalue weighted by atomic mass is 10.1. The Balaban J connectivity index is 2.00. The lowest BCUT2D eigenvalue weighted by Crippen LogP contribution is -2.25. The Morgan fingerprint density at radius 1 is 1.13 bits per heavy atom. The summed E-state index contributed by atoms with van der Waals surface area (Å²) in [7, 11) is 0. The van der Waals surface area contributed by atoms with Gasteiger partial charge in [-0.25, -0.2) is 9.97 Å². The largest absolute Gasteiger partial charge is 0.416 e. The van der Waals surface area contributed by atoms with Gasteiger partial charge in [0.25, 0.3) is 0 Å². The number of benzene rings is 1. The van der Waals surface area contributed by atoms with E-state index in [0.717, 1.165) is 16.3 Å². The Labute approximate surface area is 135 Å². The zero-order chi connectivity index (χ0) is 16.4. The molecule has 0 bridgehead atoms. The molecule has 7 heteroatoms. The van der Waals surface area contributed by atoms with Crippen LogP contribution in [0.3, 0.4) is 0 Å². The molecule has 0 spiro atoms. The number of halogens is 3. The minimum absolute atomic E-state index is 0.149. The van der Waals surface area contributed by atoms with Gasteiger partial charge >= 0.3 is 6.18 Å². The monoisotopic (exact) mass is 337 g/mol. The maximum Gasteiger partial charge on any atom is 0.416 e. The minimum atomic E-state index is -4.36. The van der Waals surface area contributed by atoms with Crippen LogP contribution in [0, 0.1) is 0 Å². The van der Waals surface area contributed by atoms with Gasteiger partial charge in [-0.15, -0.1) is 11.3 Å². The standard InChI is InChI=1S/C16H14F3N3S/c1-2-22(15-14-13(7-8-23-14)20-10-21-15)9-11-5-3-4-6-12(11)16(17,18)19/h3-8,10H,2,9H2,1H3. The number of nitrogens with zero attached hydrogens (tertiary/aromatic N) is 3. The molecule has 2 heterocycles. The van der Waals surface area contributed by atoms with Crippen molar-refractivity contribution < 1.29 is 13.2 Å². The van der Waals surface area contributed by atoms with E-state index in [1.807, 2.05) is 23.3 Å². The number of anilines is 1. The lowest BCUT2D eigenvalue weighted by molar-refractivity contribution is -0.138. The first-order chi connectivity index (χ1) is 11.0. The van der Waals surface area contributed by atoms with Crippen LogP contribution in [0.4, 0.5) is 19.0 Å².